The first-order chi connectivity index (χ1) is 18.7. The van der Waals surface area contributed by atoms with Gasteiger partial charge in [-0.1, -0.05) is 60.7 Å². The molecular formula is C32H28N3O3+. The Morgan fingerprint density at radius 3 is 2.55 bits per heavy atom. The van der Waals surface area contributed by atoms with Gasteiger partial charge >= 0.3 is 0 Å². The van der Waals surface area contributed by atoms with Crippen LogP contribution in [0.15, 0.2) is 78.9 Å². The number of anilines is 1. The van der Waals surface area contributed by atoms with E-state index in [9.17, 15) is 9.59 Å². The quantitative estimate of drug-likeness (QED) is 0.410. The number of fused-ring (bicyclic) bond motifs is 6. The molecule has 0 fully saturated rings. The van der Waals surface area contributed by atoms with E-state index in [2.05, 4.69) is 39.5 Å². The van der Waals surface area contributed by atoms with Crippen LogP contribution in [0.5, 0.6) is 5.75 Å². The van der Waals surface area contributed by atoms with Crippen molar-refractivity contribution in [3.63, 3.8) is 0 Å². The molecule has 2 aliphatic heterocycles. The van der Waals surface area contributed by atoms with Gasteiger partial charge in [0.2, 0.25) is 17.6 Å². The Balaban J connectivity index is 1.18. The Kier molecular flexibility index (Phi) is 5.55. The van der Waals surface area contributed by atoms with Crippen molar-refractivity contribution in [3.05, 3.63) is 112 Å². The minimum absolute atomic E-state index is 0.138. The van der Waals surface area contributed by atoms with Gasteiger partial charge in [0.05, 0.1) is 11.3 Å². The molecule has 2 heterocycles. The third-order valence-electron chi connectivity index (χ3n) is 7.84. The molecule has 0 spiro atoms. The predicted octanol–water partition coefficient (Wildman–Crippen LogP) is 3.36. The van der Waals surface area contributed by atoms with Gasteiger partial charge in [0.1, 0.15) is 5.56 Å². The molecule has 0 bridgehead atoms. The monoisotopic (exact) mass is 502 g/mol. The molecule has 3 aromatic carbocycles. The van der Waals surface area contributed by atoms with E-state index >= 15 is 0 Å². The summed E-state index contributed by atoms with van der Waals surface area (Å²) >= 11 is 0. The SMILES string of the molecule is O=C1c2ccccc2C(=O)c2c3c(cc(NCCCN4CCc5ccccc5C4)c21)OC1C=CC=CC1=[NH+]3. The van der Waals surface area contributed by atoms with Crippen molar-refractivity contribution in [2.24, 2.45) is 0 Å². The second kappa shape index (κ2) is 9.23. The minimum atomic E-state index is -0.248. The van der Waals surface area contributed by atoms with Gasteiger partial charge in [-0.25, -0.2) is 4.99 Å². The summed E-state index contributed by atoms with van der Waals surface area (Å²) in [6.45, 7) is 3.66. The molecule has 4 aliphatic rings. The highest BCUT2D eigenvalue weighted by Gasteiger charge is 2.41. The molecule has 2 N–H and O–H groups in total. The standard InChI is InChI=1S/C32H27N3O3/c36-31-22-10-3-4-11-23(22)32(37)29-28(31)25(18-27-30(29)34-24-12-5-6-13-26(24)38-27)33-15-7-16-35-17-14-20-8-1-2-9-21(20)19-35/h1-6,8-13,18,26,33H,7,14-17,19H2/p+1. The Hall–Kier alpha value is -4.29. The highest BCUT2D eigenvalue weighted by atomic mass is 16.5. The van der Waals surface area contributed by atoms with Crippen molar-refractivity contribution in [1.29, 1.82) is 0 Å². The van der Waals surface area contributed by atoms with Gasteiger partial charge in [0.15, 0.2) is 11.5 Å². The Labute approximate surface area is 221 Å². The predicted molar refractivity (Wildman–Crippen MR) is 147 cm³/mol. The average Bonchev–Trinajstić information content (AvgIpc) is 2.96. The number of carbonyl (C=O) groups excluding carboxylic acids is 2. The fraction of sp³-hybridized carbons (Fsp3) is 0.219. The van der Waals surface area contributed by atoms with Crippen LogP contribution in [0.1, 0.15) is 49.4 Å². The third-order valence-corrected chi connectivity index (χ3v) is 7.84. The molecule has 1 unspecified atom stereocenters. The molecule has 0 aromatic heterocycles. The van der Waals surface area contributed by atoms with Gasteiger partial charge in [0, 0.05) is 49.4 Å². The number of benzene rings is 3. The molecule has 38 heavy (non-hydrogen) atoms. The summed E-state index contributed by atoms with van der Waals surface area (Å²) in [5.74, 6) is 0.279. The summed E-state index contributed by atoms with van der Waals surface area (Å²) in [6, 6.07) is 17.6. The molecular weight excluding hydrogens is 474 g/mol. The lowest BCUT2D eigenvalue weighted by atomic mass is 9.81. The van der Waals surface area contributed by atoms with Crippen molar-refractivity contribution < 1.29 is 19.3 Å². The zero-order valence-electron chi connectivity index (χ0n) is 21.0. The molecule has 188 valence electrons. The zero-order valence-corrected chi connectivity index (χ0v) is 21.0. The molecule has 6 heteroatoms. The topological polar surface area (TPSA) is 72.6 Å². The van der Waals surface area contributed by atoms with Crippen molar-refractivity contribution in [2.75, 3.05) is 25.0 Å². The van der Waals surface area contributed by atoms with Crippen molar-refractivity contribution in [1.82, 2.24) is 4.90 Å². The van der Waals surface area contributed by atoms with Crippen LogP contribution in [-0.4, -0.2) is 47.9 Å². The fourth-order valence-electron chi connectivity index (χ4n) is 5.92. The maximum atomic E-state index is 13.8. The first-order valence-corrected chi connectivity index (χ1v) is 13.3. The van der Waals surface area contributed by atoms with Crippen molar-refractivity contribution >= 4 is 28.7 Å². The van der Waals surface area contributed by atoms with E-state index in [-0.39, 0.29) is 17.7 Å². The van der Waals surface area contributed by atoms with Crippen LogP contribution in [0.4, 0.5) is 11.4 Å². The molecule has 0 saturated carbocycles. The van der Waals surface area contributed by atoms with E-state index < -0.39 is 0 Å². The van der Waals surface area contributed by atoms with Crippen LogP contribution >= 0.6 is 0 Å². The highest BCUT2D eigenvalue weighted by molar-refractivity contribution is 6.32. The van der Waals surface area contributed by atoms with Crippen LogP contribution in [0.3, 0.4) is 0 Å². The van der Waals surface area contributed by atoms with Crippen LogP contribution in [-0.2, 0) is 13.0 Å². The Morgan fingerprint density at radius 2 is 1.71 bits per heavy atom. The number of ketones is 2. The lowest BCUT2D eigenvalue weighted by Gasteiger charge is -2.29. The number of hydrogen-bond donors (Lipinski definition) is 2. The molecule has 7 rings (SSSR count). The average molecular weight is 503 g/mol. The molecule has 0 saturated heterocycles. The highest BCUT2D eigenvalue weighted by Crippen LogP contribution is 2.41. The summed E-state index contributed by atoms with van der Waals surface area (Å²) < 4.78 is 6.30. The summed E-state index contributed by atoms with van der Waals surface area (Å²) in [4.78, 5) is 33.4. The number of nitrogens with one attached hydrogen (secondary N) is 2. The molecule has 0 amide bonds. The van der Waals surface area contributed by atoms with E-state index in [0.29, 0.717) is 45.9 Å². The van der Waals surface area contributed by atoms with E-state index in [4.69, 9.17) is 4.74 Å². The van der Waals surface area contributed by atoms with Crippen LogP contribution < -0.4 is 15.0 Å². The summed E-state index contributed by atoms with van der Waals surface area (Å²) in [5.41, 5.74) is 6.61. The molecule has 6 nitrogen and oxygen atoms in total. The second-order valence-electron chi connectivity index (χ2n) is 10.2. The number of rotatable bonds is 5. The first kappa shape index (κ1) is 22.9. The van der Waals surface area contributed by atoms with Gasteiger partial charge in [-0.3, -0.25) is 14.5 Å². The van der Waals surface area contributed by atoms with Crippen molar-refractivity contribution in [2.45, 2.75) is 25.5 Å². The molecule has 2 aliphatic carbocycles. The van der Waals surface area contributed by atoms with Crippen LogP contribution in [0.2, 0.25) is 0 Å². The number of nitrogens with zero attached hydrogens (tertiary/aromatic N) is 1. The van der Waals surface area contributed by atoms with E-state index in [1.807, 2.05) is 30.4 Å². The van der Waals surface area contributed by atoms with E-state index in [1.54, 1.807) is 24.3 Å². The zero-order chi connectivity index (χ0) is 25.6. The maximum Gasteiger partial charge on any atom is 0.258 e. The van der Waals surface area contributed by atoms with Gasteiger partial charge in [-0.2, -0.15) is 0 Å². The van der Waals surface area contributed by atoms with Gasteiger partial charge in [-0.15, -0.1) is 0 Å². The van der Waals surface area contributed by atoms with Gasteiger partial charge in [-0.05, 0) is 30.0 Å². The van der Waals surface area contributed by atoms with E-state index in [0.717, 1.165) is 38.2 Å². The lowest BCUT2D eigenvalue weighted by Crippen LogP contribution is -2.72. The minimum Gasteiger partial charge on any atom is -0.468 e. The smallest absolute Gasteiger partial charge is 0.258 e. The van der Waals surface area contributed by atoms with E-state index in [1.165, 1.54) is 11.1 Å². The normalized spacial score (nSPS) is 18.9. The number of carbonyl (C=O) groups is 2. The maximum absolute atomic E-state index is 13.8. The summed E-state index contributed by atoms with van der Waals surface area (Å²) in [7, 11) is 0. The number of allylic oxidation sites excluding steroid dienone is 2. The largest absolute Gasteiger partial charge is 0.468 e. The van der Waals surface area contributed by atoms with Crippen molar-refractivity contribution in [3.8, 4) is 5.75 Å². The van der Waals surface area contributed by atoms with Gasteiger partial charge < -0.3 is 10.1 Å². The fourth-order valence-corrected chi connectivity index (χ4v) is 5.92. The number of ether oxygens (including phenoxy) is 1. The summed E-state index contributed by atoms with van der Waals surface area (Å²) in [5, 5.41) is 3.49. The number of hydrogen-bond acceptors (Lipinski definition) is 5. The summed E-state index contributed by atoms with van der Waals surface area (Å²) in [6.07, 6.45) is 9.53. The third kappa shape index (κ3) is 3.80. The molecule has 0 radical (unpaired) electrons. The molecule has 1 atom stereocenters. The van der Waals surface area contributed by atoms with Gasteiger partial charge in [0.25, 0.3) is 5.69 Å². The Morgan fingerprint density at radius 1 is 0.947 bits per heavy atom. The first-order valence-electron chi connectivity index (χ1n) is 13.3. The van der Waals surface area contributed by atoms with Crippen LogP contribution in [0.25, 0.3) is 0 Å². The molecule has 3 aromatic rings. The second-order valence-corrected chi connectivity index (χ2v) is 10.2. The van der Waals surface area contributed by atoms with Crippen LogP contribution in [0, 0.1) is 0 Å². The Bertz CT molecular complexity index is 1580. The lowest BCUT2D eigenvalue weighted by molar-refractivity contribution is -0.362.